The van der Waals surface area contributed by atoms with Crippen LogP contribution in [0.15, 0.2) is 0 Å². The molecule has 7 nitrogen and oxygen atoms in total. The molecule has 2 rings (SSSR count). The van der Waals surface area contributed by atoms with Crippen LogP contribution in [0.2, 0.25) is 0 Å². The minimum atomic E-state index is -0.877. The monoisotopic (exact) mass is 283 g/mol. The van der Waals surface area contributed by atoms with E-state index in [9.17, 15) is 14.4 Å². The Morgan fingerprint density at radius 2 is 1.90 bits per heavy atom. The molecule has 0 aromatic rings. The van der Waals surface area contributed by atoms with Crippen LogP contribution in [-0.2, 0) is 9.59 Å². The van der Waals surface area contributed by atoms with E-state index in [1.165, 1.54) is 9.80 Å². The number of piperidine rings is 1. The van der Waals surface area contributed by atoms with Crippen molar-refractivity contribution in [2.75, 3.05) is 19.6 Å². The van der Waals surface area contributed by atoms with Crippen LogP contribution < -0.4 is 5.73 Å². The lowest BCUT2D eigenvalue weighted by molar-refractivity contribution is -0.142. The summed E-state index contributed by atoms with van der Waals surface area (Å²) >= 11 is 0. The first kappa shape index (κ1) is 14.6. The van der Waals surface area contributed by atoms with Crippen LogP contribution in [0.25, 0.3) is 0 Å². The Morgan fingerprint density at radius 3 is 2.45 bits per heavy atom. The zero-order valence-corrected chi connectivity index (χ0v) is 11.6. The molecule has 0 radical (unpaired) electrons. The van der Waals surface area contributed by atoms with Gasteiger partial charge >= 0.3 is 12.0 Å². The molecule has 2 saturated heterocycles. The van der Waals surface area contributed by atoms with Gasteiger partial charge in [-0.25, -0.2) is 4.79 Å². The predicted octanol–water partition coefficient (Wildman–Crippen LogP) is 0.0987. The van der Waals surface area contributed by atoms with Gasteiger partial charge in [-0.2, -0.15) is 0 Å². The Morgan fingerprint density at radius 1 is 1.20 bits per heavy atom. The van der Waals surface area contributed by atoms with Crippen molar-refractivity contribution in [3.05, 3.63) is 0 Å². The van der Waals surface area contributed by atoms with Crippen molar-refractivity contribution in [2.24, 2.45) is 17.6 Å². The van der Waals surface area contributed by atoms with Crippen LogP contribution >= 0.6 is 0 Å². The number of likely N-dealkylation sites (tertiary alicyclic amines) is 2. The first-order valence-corrected chi connectivity index (χ1v) is 6.99. The van der Waals surface area contributed by atoms with Gasteiger partial charge in [0.25, 0.3) is 0 Å². The quantitative estimate of drug-likeness (QED) is 0.750. The Kier molecular flexibility index (Phi) is 4.15. The number of aliphatic carboxylic acids is 1. The average molecular weight is 283 g/mol. The van der Waals surface area contributed by atoms with Crippen LogP contribution in [0.1, 0.15) is 26.2 Å². The van der Waals surface area contributed by atoms with Crippen LogP contribution in [0, 0.1) is 11.8 Å². The standard InChI is InChI=1S/C13H21N3O4/c1-8-6-15(7-9(8)12(18)19)13(20)16-5-3-2-4-10(16)11(14)17/h8-10H,2-7H2,1H3,(H2,14,17)(H,18,19)/t8-,9-,10?/m1/s1. The molecule has 0 aromatic carbocycles. The van der Waals surface area contributed by atoms with E-state index in [0.717, 1.165) is 12.8 Å². The number of nitrogens with two attached hydrogens (primary N) is 1. The predicted molar refractivity (Wildman–Crippen MR) is 70.8 cm³/mol. The summed E-state index contributed by atoms with van der Waals surface area (Å²) < 4.78 is 0. The molecule has 20 heavy (non-hydrogen) atoms. The van der Waals surface area contributed by atoms with E-state index in [0.29, 0.717) is 19.5 Å². The first-order valence-electron chi connectivity index (χ1n) is 6.99. The number of carbonyl (C=O) groups is 3. The molecule has 0 aromatic heterocycles. The van der Waals surface area contributed by atoms with Crippen molar-refractivity contribution >= 4 is 17.9 Å². The van der Waals surface area contributed by atoms with Gasteiger partial charge in [0.05, 0.1) is 5.92 Å². The highest BCUT2D eigenvalue weighted by Crippen LogP contribution is 2.26. The number of hydrogen-bond acceptors (Lipinski definition) is 3. The fourth-order valence-electron chi connectivity index (χ4n) is 3.08. The highest BCUT2D eigenvalue weighted by Gasteiger charge is 2.40. The fourth-order valence-corrected chi connectivity index (χ4v) is 3.08. The molecule has 0 saturated carbocycles. The molecule has 2 fully saturated rings. The maximum absolute atomic E-state index is 12.5. The highest BCUT2D eigenvalue weighted by molar-refractivity contribution is 5.86. The van der Waals surface area contributed by atoms with E-state index in [1.807, 2.05) is 6.92 Å². The topological polar surface area (TPSA) is 104 Å². The summed E-state index contributed by atoms with van der Waals surface area (Å²) in [6, 6.07) is -0.820. The molecule has 2 heterocycles. The normalized spacial score (nSPS) is 30.4. The smallest absolute Gasteiger partial charge is 0.320 e. The number of primary amides is 1. The van der Waals surface area contributed by atoms with Gasteiger partial charge in [0.15, 0.2) is 0 Å². The molecule has 112 valence electrons. The molecule has 3 N–H and O–H groups in total. The van der Waals surface area contributed by atoms with Crippen LogP contribution in [-0.4, -0.2) is 58.5 Å². The molecule has 0 aliphatic carbocycles. The molecular formula is C13H21N3O4. The SMILES string of the molecule is C[C@@H]1CN(C(=O)N2CCCCC2C(N)=O)C[C@H]1C(=O)O. The lowest BCUT2D eigenvalue weighted by atomic mass is 9.99. The van der Waals surface area contributed by atoms with E-state index in [-0.39, 0.29) is 18.5 Å². The maximum atomic E-state index is 12.5. The second-order valence-corrected chi connectivity index (χ2v) is 5.72. The number of urea groups is 1. The van der Waals surface area contributed by atoms with Crippen molar-refractivity contribution in [1.82, 2.24) is 9.80 Å². The molecule has 0 bridgehead atoms. The Bertz CT molecular complexity index is 426. The maximum Gasteiger partial charge on any atom is 0.320 e. The largest absolute Gasteiger partial charge is 0.481 e. The van der Waals surface area contributed by atoms with Gasteiger partial charge in [0, 0.05) is 19.6 Å². The van der Waals surface area contributed by atoms with Crippen LogP contribution in [0.5, 0.6) is 0 Å². The third kappa shape index (κ3) is 2.71. The van der Waals surface area contributed by atoms with Crippen molar-refractivity contribution in [1.29, 1.82) is 0 Å². The minimum absolute atomic E-state index is 0.0757. The minimum Gasteiger partial charge on any atom is -0.481 e. The lowest BCUT2D eigenvalue weighted by Gasteiger charge is -2.36. The van der Waals surface area contributed by atoms with Gasteiger partial charge in [0.1, 0.15) is 6.04 Å². The Hall–Kier alpha value is -1.79. The number of carboxylic acid groups (broad SMARTS) is 1. The van der Waals surface area contributed by atoms with E-state index < -0.39 is 23.8 Å². The van der Waals surface area contributed by atoms with E-state index in [4.69, 9.17) is 10.8 Å². The first-order chi connectivity index (χ1) is 9.41. The number of carbonyl (C=O) groups excluding carboxylic acids is 2. The van der Waals surface area contributed by atoms with Gasteiger partial charge in [-0.1, -0.05) is 6.92 Å². The van der Waals surface area contributed by atoms with Gasteiger partial charge < -0.3 is 20.6 Å². The second kappa shape index (κ2) is 5.68. The fraction of sp³-hybridized carbons (Fsp3) is 0.769. The van der Waals surface area contributed by atoms with Crippen LogP contribution in [0.3, 0.4) is 0 Å². The molecule has 0 spiro atoms. The molecule has 3 amide bonds. The van der Waals surface area contributed by atoms with Gasteiger partial charge in [0.2, 0.25) is 5.91 Å². The third-order valence-corrected chi connectivity index (χ3v) is 4.28. The van der Waals surface area contributed by atoms with Gasteiger partial charge in [-0.3, -0.25) is 9.59 Å². The summed E-state index contributed by atoms with van der Waals surface area (Å²) in [7, 11) is 0. The summed E-state index contributed by atoms with van der Waals surface area (Å²) in [6.45, 7) is 2.96. The Labute approximate surface area is 117 Å². The van der Waals surface area contributed by atoms with Gasteiger partial charge in [-0.15, -0.1) is 0 Å². The summed E-state index contributed by atoms with van der Waals surface area (Å²) in [6.07, 6.45) is 2.32. The zero-order chi connectivity index (χ0) is 14.9. The molecule has 2 aliphatic rings. The number of amides is 3. The molecule has 1 unspecified atom stereocenters. The van der Waals surface area contributed by atoms with Crippen LogP contribution in [0.4, 0.5) is 4.79 Å². The van der Waals surface area contributed by atoms with Gasteiger partial charge in [-0.05, 0) is 25.2 Å². The van der Waals surface area contributed by atoms with Crippen molar-refractivity contribution in [2.45, 2.75) is 32.2 Å². The lowest BCUT2D eigenvalue weighted by Crippen LogP contribution is -2.54. The molecule has 7 heteroatoms. The highest BCUT2D eigenvalue weighted by atomic mass is 16.4. The van der Waals surface area contributed by atoms with E-state index in [1.54, 1.807) is 0 Å². The number of carboxylic acids is 1. The van der Waals surface area contributed by atoms with E-state index in [2.05, 4.69) is 0 Å². The summed E-state index contributed by atoms with van der Waals surface area (Å²) in [5, 5.41) is 9.11. The number of hydrogen-bond donors (Lipinski definition) is 2. The summed E-state index contributed by atoms with van der Waals surface area (Å²) in [5.74, 6) is -1.97. The number of nitrogens with zero attached hydrogens (tertiary/aromatic N) is 2. The van der Waals surface area contributed by atoms with Crippen molar-refractivity contribution in [3.63, 3.8) is 0 Å². The molecule has 3 atom stereocenters. The zero-order valence-electron chi connectivity index (χ0n) is 11.6. The van der Waals surface area contributed by atoms with Crippen molar-refractivity contribution in [3.8, 4) is 0 Å². The van der Waals surface area contributed by atoms with E-state index >= 15 is 0 Å². The van der Waals surface area contributed by atoms with Crippen molar-refractivity contribution < 1.29 is 19.5 Å². The second-order valence-electron chi connectivity index (χ2n) is 5.72. The average Bonchev–Trinajstić information content (AvgIpc) is 2.80. The summed E-state index contributed by atoms with van der Waals surface area (Å²) in [4.78, 5) is 38.1. The Balaban J connectivity index is 2.07. The number of rotatable bonds is 2. The summed E-state index contributed by atoms with van der Waals surface area (Å²) in [5.41, 5.74) is 5.35. The molecular weight excluding hydrogens is 262 g/mol. The third-order valence-electron chi connectivity index (χ3n) is 4.28. The molecule has 2 aliphatic heterocycles.